The summed E-state index contributed by atoms with van der Waals surface area (Å²) < 4.78 is 21.9. The van der Waals surface area contributed by atoms with E-state index in [0.717, 1.165) is 16.7 Å². The van der Waals surface area contributed by atoms with Gasteiger partial charge < -0.3 is 23.8 Å². The summed E-state index contributed by atoms with van der Waals surface area (Å²) in [6, 6.07) is 23.1. The molecule has 0 saturated carbocycles. The van der Waals surface area contributed by atoms with Crippen LogP contribution in [0.5, 0.6) is 11.5 Å². The summed E-state index contributed by atoms with van der Waals surface area (Å²) in [5.41, 5.74) is 2.42. The van der Waals surface area contributed by atoms with Crippen LogP contribution in [0.15, 0.2) is 78.9 Å². The largest absolute Gasteiger partial charge is 0.493 e. The van der Waals surface area contributed by atoms with E-state index in [1.54, 1.807) is 31.3 Å². The molecule has 3 amide bonds. The van der Waals surface area contributed by atoms with Gasteiger partial charge in [-0.25, -0.2) is 19.6 Å². The van der Waals surface area contributed by atoms with E-state index in [-0.39, 0.29) is 38.6 Å². The van der Waals surface area contributed by atoms with Gasteiger partial charge in [0.05, 0.1) is 32.7 Å². The minimum Gasteiger partial charge on any atom is -0.493 e. The van der Waals surface area contributed by atoms with E-state index in [1.807, 2.05) is 66.7 Å². The highest BCUT2D eigenvalue weighted by Crippen LogP contribution is 2.33. The quantitative estimate of drug-likeness (QED) is 0.403. The minimum atomic E-state index is -0.660. The molecule has 2 bridgehead atoms. The van der Waals surface area contributed by atoms with Crippen LogP contribution in [-0.2, 0) is 33.9 Å². The number of methoxy groups -OCH3 is 2. The molecule has 10 heteroatoms. The van der Waals surface area contributed by atoms with Crippen LogP contribution >= 0.6 is 0 Å². The van der Waals surface area contributed by atoms with Gasteiger partial charge >= 0.3 is 12.2 Å². The van der Waals surface area contributed by atoms with E-state index in [0.29, 0.717) is 17.9 Å². The molecule has 0 N–H and O–H groups in total. The maximum Gasteiger partial charge on any atom is 0.429 e. The van der Waals surface area contributed by atoms with Crippen molar-refractivity contribution in [2.75, 3.05) is 27.3 Å². The van der Waals surface area contributed by atoms with E-state index in [9.17, 15) is 14.4 Å². The van der Waals surface area contributed by atoms with E-state index in [2.05, 4.69) is 0 Å². The fourth-order valence-electron chi connectivity index (χ4n) is 5.28. The fourth-order valence-corrected chi connectivity index (χ4v) is 5.28. The maximum atomic E-state index is 13.4. The molecule has 3 aromatic rings. The smallest absolute Gasteiger partial charge is 0.429 e. The van der Waals surface area contributed by atoms with Gasteiger partial charge in [0.25, 0.3) is 0 Å². The van der Waals surface area contributed by atoms with E-state index in [4.69, 9.17) is 18.9 Å². The van der Waals surface area contributed by atoms with Gasteiger partial charge in [-0.3, -0.25) is 4.79 Å². The highest BCUT2D eigenvalue weighted by molar-refractivity contribution is 5.80. The maximum absolute atomic E-state index is 13.4. The molecule has 2 fully saturated rings. The Hall–Kier alpha value is -4.73. The number of amides is 3. The Kier molecular flexibility index (Phi) is 8.57. The van der Waals surface area contributed by atoms with E-state index in [1.165, 1.54) is 10.0 Å². The molecular weight excluding hydrogens is 526 g/mol. The molecule has 41 heavy (non-hydrogen) atoms. The predicted molar refractivity (Wildman–Crippen MR) is 149 cm³/mol. The normalized spacial score (nSPS) is 17.7. The molecule has 2 heterocycles. The number of hydrogen-bond donors (Lipinski definition) is 0. The second kappa shape index (κ2) is 12.6. The first-order valence-corrected chi connectivity index (χ1v) is 13.4. The first-order valence-electron chi connectivity index (χ1n) is 13.4. The zero-order valence-electron chi connectivity index (χ0n) is 23.1. The van der Waals surface area contributed by atoms with Crippen LogP contribution in [0, 0.1) is 0 Å². The van der Waals surface area contributed by atoms with Crippen LogP contribution in [0.1, 0.15) is 23.1 Å². The lowest BCUT2D eigenvalue weighted by atomic mass is 10.0. The average Bonchev–Trinajstić information content (AvgIpc) is 3.28. The number of carbonyl (C=O) groups is 3. The molecule has 2 aliphatic rings. The van der Waals surface area contributed by atoms with Crippen LogP contribution in [0.3, 0.4) is 0 Å². The van der Waals surface area contributed by atoms with Crippen molar-refractivity contribution in [2.24, 2.45) is 0 Å². The third kappa shape index (κ3) is 6.37. The van der Waals surface area contributed by atoms with Gasteiger partial charge in [-0.1, -0.05) is 66.7 Å². The molecule has 10 nitrogen and oxygen atoms in total. The number of ether oxygens (including phenoxy) is 4. The first-order chi connectivity index (χ1) is 20.0. The SMILES string of the molecule is COc1ccc(CC(=O)N2C[C@H]3C[C@@H](C2)N(C(=O)OCc2ccccc2)N3C(=O)OCc2ccccc2)cc1OC. The predicted octanol–water partition coefficient (Wildman–Crippen LogP) is 4.42. The van der Waals surface area contributed by atoms with E-state index < -0.39 is 24.3 Å². The Morgan fingerprint density at radius 2 is 1.20 bits per heavy atom. The Balaban J connectivity index is 1.31. The number of carbonyl (C=O) groups excluding carboxylic acids is 3. The molecule has 2 saturated heterocycles. The van der Waals surface area contributed by atoms with Gasteiger partial charge in [-0.15, -0.1) is 0 Å². The van der Waals surface area contributed by atoms with Crippen molar-refractivity contribution in [1.29, 1.82) is 0 Å². The fraction of sp³-hybridized carbons (Fsp3) is 0.323. The number of likely N-dealkylation sites (tertiary alicyclic amines) is 1. The molecular formula is C31H33N3O7. The topological polar surface area (TPSA) is 97.9 Å². The van der Waals surface area contributed by atoms with Gasteiger partial charge in [0.15, 0.2) is 11.5 Å². The second-order valence-electron chi connectivity index (χ2n) is 9.98. The van der Waals surface area contributed by atoms with Crippen molar-refractivity contribution >= 4 is 18.1 Å². The molecule has 5 rings (SSSR count). The summed E-state index contributed by atoms with van der Waals surface area (Å²) in [6.07, 6.45) is -0.669. The Morgan fingerprint density at radius 1 is 0.683 bits per heavy atom. The molecule has 3 aromatic carbocycles. The third-order valence-electron chi connectivity index (χ3n) is 7.27. The summed E-state index contributed by atoms with van der Waals surface area (Å²) in [4.78, 5) is 41.8. The minimum absolute atomic E-state index is 0.0579. The van der Waals surface area contributed by atoms with Crippen LogP contribution < -0.4 is 9.47 Å². The van der Waals surface area contributed by atoms with Crippen molar-refractivity contribution in [1.82, 2.24) is 14.9 Å². The van der Waals surface area contributed by atoms with E-state index >= 15 is 0 Å². The van der Waals surface area contributed by atoms with Gasteiger partial charge in [0.1, 0.15) is 13.2 Å². The third-order valence-corrected chi connectivity index (χ3v) is 7.27. The Morgan fingerprint density at radius 3 is 1.68 bits per heavy atom. The van der Waals surface area contributed by atoms with Gasteiger partial charge in [0, 0.05) is 13.1 Å². The highest BCUT2D eigenvalue weighted by atomic mass is 16.6. The van der Waals surface area contributed by atoms with Crippen molar-refractivity contribution in [2.45, 2.75) is 38.1 Å². The molecule has 2 aliphatic heterocycles. The summed E-state index contributed by atoms with van der Waals surface area (Å²) in [5.74, 6) is 0.995. The van der Waals surface area contributed by atoms with Crippen molar-refractivity contribution in [3.05, 3.63) is 95.6 Å². The van der Waals surface area contributed by atoms with Crippen molar-refractivity contribution in [3.63, 3.8) is 0 Å². The Bertz CT molecular complexity index is 1300. The lowest BCUT2D eigenvalue weighted by molar-refractivity contribution is -0.131. The monoisotopic (exact) mass is 559 g/mol. The molecule has 0 unspecified atom stereocenters. The summed E-state index contributed by atoms with van der Waals surface area (Å²) in [5, 5.41) is 2.65. The van der Waals surface area contributed by atoms with Crippen LogP contribution in [0.2, 0.25) is 0 Å². The first kappa shape index (κ1) is 27.8. The molecule has 0 spiro atoms. The van der Waals surface area contributed by atoms with Crippen LogP contribution in [-0.4, -0.2) is 72.4 Å². The summed E-state index contributed by atoms with van der Waals surface area (Å²) in [7, 11) is 3.10. The highest BCUT2D eigenvalue weighted by Gasteiger charge is 2.51. The van der Waals surface area contributed by atoms with Crippen molar-refractivity contribution in [3.8, 4) is 11.5 Å². The molecule has 0 radical (unpaired) electrons. The van der Waals surface area contributed by atoms with Crippen molar-refractivity contribution < 1.29 is 33.3 Å². The number of nitrogens with zero attached hydrogens (tertiary/aromatic N) is 3. The average molecular weight is 560 g/mol. The summed E-state index contributed by atoms with van der Waals surface area (Å²) in [6.45, 7) is 0.655. The molecule has 214 valence electrons. The zero-order chi connectivity index (χ0) is 28.8. The van der Waals surface area contributed by atoms with Crippen LogP contribution in [0.25, 0.3) is 0 Å². The second-order valence-corrected chi connectivity index (χ2v) is 9.98. The molecule has 0 aliphatic carbocycles. The number of piperidine rings is 1. The number of fused-ring (bicyclic) bond motifs is 2. The Labute approximate surface area is 238 Å². The molecule has 0 aromatic heterocycles. The molecule has 2 atom stereocenters. The number of benzene rings is 3. The van der Waals surface area contributed by atoms with Gasteiger partial charge in [-0.05, 0) is 35.2 Å². The van der Waals surface area contributed by atoms with Crippen LogP contribution in [0.4, 0.5) is 9.59 Å². The number of hydrazine groups is 1. The standard InChI is InChI=1S/C31H33N3O7/c1-38-27-14-13-24(15-28(27)39-2)16-29(35)32-18-25-17-26(19-32)34(31(37)41-21-23-11-7-4-8-12-23)33(25)30(36)40-20-22-9-5-3-6-10-22/h3-15,25-26H,16-21H2,1-2H3/t25-,26+. The number of hydrogen-bond acceptors (Lipinski definition) is 7. The zero-order valence-corrected chi connectivity index (χ0v) is 23.1. The summed E-state index contributed by atoms with van der Waals surface area (Å²) >= 11 is 0. The lowest BCUT2D eigenvalue weighted by Gasteiger charge is -2.30. The van der Waals surface area contributed by atoms with Gasteiger partial charge in [-0.2, -0.15) is 0 Å². The number of rotatable bonds is 8. The lowest BCUT2D eigenvalue weighted by Crippen LogP contribution is -2.50. The van der Waals surface area contributed by atoms with Gasteiger partial charge in [0.2, 0.25) is 5.91 Å².